The van der Waals surface area contributed by atoms with Crippen LogP contribution in [0.2, 0.25) is 0 Å². The van der Waals surface area contributed by atoms with Gasteiger partial charge in [-0.2, -0.15) is 0 Å². The molecule has 3 heteroatoms. The summed E-state index contributed by atoms with van der Waals surface area (Å²) in [4.78, 5) is 0. The summed E-state index contributed by atoms with van der Waals surface area (Å²) in [5.74, 6) is 1.59. The molecule has 0 aliphatic heterocycles. The van der Waals surface area contributed by atoms with Crippen molar-refractivity contribution in [3.8, 4) is 5.75 Å². The van der Waals surface area contributed by atoms with E-state index in [0.717, 1.165) is 31.6 Å². The molecule has 0 fully saturated rings. The monoisotopic (exact) mass is 279 g/mol. The zero-order chi connectivity index (χ0) is 14.8. The van der Waals surface area contributed by atoms with E-state index in [2.05, 4.69) is 32.9 Å². The smallest absolute Gasteiger partial charge is 0.119 e. The molecule has 114 valence electrons. The Labute approximate surface area is 123 Å². The van der Waals surface area contributed by atoms with Crippen LogP contribution in [0.1, 0.15) is 39.2 Å². The second-order valence-corrected chi connectivity index (χ2v) is 5.66. The summed E-state index contributed by atoms with van der Waals surface area (Å²) in [5.41, 5.74) is 7.21. The molecule has 0 aliphatic carbocycles. The highest BCUT2D eigenvalue weighted by Crippen LogP contribution is 2.13. The minimum absolute atomic E-state index is 0.246. The summed E-state index contributed by atoms with van der Waals surface area (Å²) in [7, 11) is 0. The Morgan fingerprint density at radius 2 is 1.75 bits per heavy atom. The molecule has 2 N–H and O–H groups in total. The second kappa shape index (κ2) is 9.78. The third-order valence-electron chi connectivity index (χ3n) is 3.28. The summed E-state index contributed by atoms with van der Waals surface area (Å²) in [5, 5.41) is 0. The highest BCUT2D eigenvalue weighted by atomic mass is 16.5. The van der Waals surface area contributed by atoms with Crippen LogP contribution < -0.4 is 10.5 Å². The third-order valence-corrected chi connectivity index (χ3v) is 3.28. The molecule has 0 amide bonds. The minimum atomic E-state index is 0.246. The topological polar surface area (TPSA) is 44.5 Å². The van der Waals surface area contributed by atoms with Crippen LogP contribution in [-0.2, 0) is 11.2 Å². The predicted molar refractivity (Wildman–Crippen MR) is 84.2 cm³/mol. The van der Waals surface area contributed by atoms with Gasteiger partial charge in [-0.05, 0) is 42.9 Å². The van der Waals surface area contributed by atoms with E-state index in [0.29, 0.717) is 19.1 Å². The summed E-state index contributed by atoms with van der Waals surface area (Å²) in [6.07, 6.45) is 3.04. The first-order valence-corrected chi connectivity index (χ1v) is 7.66. The Morgan fingerprint density at radius 3 is 2.35 bits per heavy atom. The Bertz CT molecular complexity index is 349. The molecule has 0 aliphatic rings. The largest absolute Gasteiger partial charge is 0.491 e. The molecule has 0 radical (unpaired) electrons. The van der Waals surface area contributed by atoms with Crippen molar-refractivity contribution in [2.75, 3.05) is 19.8 Å². The molecule has 1 rings (SSSR count). The van der Waals surface area contributed by atoms with E-state index in [9.17, 15) is 0 Å². The van der Waals surface area contributed by atoms with Gasteiger partial charge < -0.3 is 15.2 Å². The number of hydrogen-bond donors (Lipinski definition) is 1. The maximum Gasteiger partial charge on any atom is 0.119 e. The summed E-state index contributed by atoms with van der Waals surface area (Å²) < 4.78 is 11.2. The molecular formula is C17H29NO2. The Balaban J connectivity index is 2.18. The standard InChI is InChI=1S/C17H29NO2/c1-4-16(18)13-15-5-7-17(8-6-15)20-12-11-19-10-9-14(2)3/h5-8,14,16H,4,9-13,18H2,1-3H3. The Kier molecular flexibility index (Phi) is 8.31. The molecule has 3 nitrogen and oxygen atoms in total. The number of nitrogens with two attached hydrogens (primary N) is 1. The third kappa shape index (κ3) is 7.51. The lowest BCUT2D eigenvalue weighted by Crippen LogP contribution is -2.21. The van der Waals surface area contributed by atoms with Gasteiger partial charge in [0.2, 0.25) is 0 Å². The lowest BCUT2D eigenvalue weighted by molar-refractivity contribution is 0.0926. The number of hydrogen-bond acceptors (Lipinski definition) is 3. The van der Waals surface area contributed by atoms with Crippen LogP contribution in [0.5, 0.6) is 5.75 Å². The summed E-state index contributed by atoms with van der Waals surface area (Å²) in [6.45, 7) is 8.58. The van der Waals surface area contributed by atoms with Crippen molar-refractivity contribution in [2.24, 2.45) is 11.7 Å². The minimum Gasteiger partial charge on any atom is -0.491 e. The molecule has 0 aromatic heterocycles. The molecule has 1 aromatic rings. The highest BCUT2D eigenvalue weighted by molar-refractivity contribution is 5.27. The van der Waals surface area contributed by atoms with Crippen molar-refractivity contribution in [1.82, 2.24) is 0 Å². The second-order valence-electron chi connectivity index (χ2n) is 5.66. The van der Waals surface area contributed by atoms with E-state index in [1.165, 1.54) is 5.56 Å². The van der Waals surface area contributed by atoms with Crippen LogP contribution in [0.4, 0.5) is 0 Å². The first kappa shape index (κ1) is 17.0. The Morgan fingerprint density at radius 1 is 1.05 bits per heavy atom. The molecular weight excluding hydrogens is 250 g/mol. The van der Waals surface area contributed by atoms with E-state index in [1.807, 2.05) is 12.1 Å². The zero-order valence-corrected chi connectivity index (χ0v) is 13.1. The molecule has 0 saturated carbocycles. The van der Waals surface area contributed by atoms with Gasteiger partial charge in [-0.25, -0.2) is 0 Å². The first-order chi connectivity index (χ1) is 9.61. The van der Waals surface area contributed by atoms with Crippen LogP contribution in [0.3, 0.4) is 0 Å². The molecule has 1 atom stereocenters. The molecule has 0 bridgehead atoms. The van der Waals surface area contributed by atoms with Crippen molar-refractivity contribution in [2.45, 2.75) is 46.1 Å². The maximum atomic E-state index is 5.94. The Hall–Kier alpha value is -1.06. The van der Waals surface area contributed by atoms with E-state index >= 15 is 0 Å². The lowest BCUT2D eigenvalue weighted by atomic mass is 10.0. The van der Waals surface area contributed by atoms with Crippen molar-refractivity contribution in [1.29, 1.82) is 0 Å². The first-order valence-electron chi connectivity index (χ1n) is 7.66. The number of rotatable bonds is 10. The zero-order valence-electron chi connectivity index (χ0n) is 13.1. The molecule has 1 aromatic carbocycles. The van der Waals surface area contributed by atoms with Crippen molar-refractivity contribution >= 4 is 0 Å². The fourth-order valence-corrected chi connectivity index (χ4v) is 1.81. The van der Waals surface area contributed by atoms with Crippen molar-refractivity contribution < 1.29 is 9.47 Å². The van der Waals surface area contributed by atoms with Crippen molar-refractivity contribution in [3.05, 3.63) is 29.8 Å². The van der Waals surface area contributed by atoms with E-state index in [1.54, 1.807) is 0 Å². The molecule has 0 heterocycles. The van der Waals surface area contributed by atoms with Crippen LogP contribution >= 0.6 is 0 Å². The van der Waals surface area contributed by atoms with Gasteiger partial charge in [0.15, 0.2) is 0 Å². The van der Waals surface area contributed by atoms with Gasteiger partial charge in [0.05, 0.1) is 6.61 Å². The highest BCUT2D eigenvalue weighted by Gasteiger charge is 2.02. The van der Waals surface area contributed by atoms with Crippen LogP contribution in [0.25, 0.3) is 0 Å². The van der Waals surface area contributed by atoms with Gasteiger partial charge in [0, 0.05) is 12.6 Å². The van der Waals surface area contributed by atoms with Crippen molar-refractivity contribution in [3.63, 3.8) is 0 Å². The molecule has 1 unspecified atom stereocenters. The van der Waals surface area contributed by atoms with Gasteiger partial charge in [-0.1, -0.05) is 32.9 Å². The summed E-state index contributed by atoms with van der Waals surface area (Å²) >= 11 is 0. The molecule has 0 spiro atoms. The fourth-order valence-electron chi connectivity index (χ4n) is 1.81. The average molecular weight is 279 g/mol. The van der Waals surface area contributed by atoms with Gasteiger partial charge in [-0.3, -0.25) is 0 Å². The molecule has 0 saturated heterocycles. The fraction of sp³-hybridized carbons (Fsp3) is 0.647. The van der Waals surface area contributed by atoms with Crippen LogP contribution in [0, 0.1) is 5.92 Å². The van der Waals surface area contributed by atoms with Gasteiger partial charge in [0.25, 0.3) is 0 Å². The maximum absolute atomic E-state index is 5.94. The van der Waals surface area contributed by atoms with Gasteiger partial charge >= 0.3 is 0 Å². The van der Waals surface area contributed by atoms with Gasteiger partial charge in [-0.15, -0.1) is 0 Å². The normalized spacial score (nSPS) is 12.7. The van der Waals surface area contributed by atoms with Gasteiger partial charge in [0.1, 0.15) is 12.4 Å². The SMILES string of the molecule is CCC(N)Cc1ccc(OCCOCCC(C)C)cc1. The van der Waals surface area contributed by atoms with E-state index < -0.39 is 0 Å². The van der Waals surface area contributed by atoms with E-state index in [-0.39, 0.29) is 6.04 Å². The molecule has 20 heavy (non-hydrogen) atoms. The quantitative estimate of drug-likeness (QED) is 0.668. The number of benzene rings is 1. The summed E-state index contributed by atoms with van der Waals surface area (Å²) in [6, 6.07) is 8.43. The number of ether oxygens (including phenoxy) is 2. The lowest BCUT2D eigenvalue weighted by Gasteiger charge is -2.10. The predicted octanol–water partition coefficient (Wildman–Crippen LogP) is 3.41. The van der Waals surface area contributed by atoms with Crippen LogP contribution in [-0.4, -0.2) is 25.9 Å². The average Bonchev–Trinajstić information content (AvgIpc) is 2.44. The van der Waals surface area contributed by atoms with Crippen LogP contribution in [0.15, 0.2) is 24.3 Å². The van der Waals surface area contributed by atoms with E-state index in [4.69, 9.17) is 15.2 Å².